The smallest absolute Gasteiger partial charge is 0.159 e. The van der Waals surface area contributed by atoms with Crippen molar-refractivity contribution >= 4 is 14.3 Å². The highest BCUT2D eigenvalue weighted by molar-refractivity contribution is 7.21. The van der Waals surface area contributed by atoms with Crippen LogP contribution < -0.4 is 0 Å². The van der Waals surface area contributed by atoms with Gasteiger partial charge in [0.15, 0.2) is 11.6 Å². The van der Waals surface area contributed by atoms with Crippen LogP contribution in [0.3, 0.4) is 0 Å². The summed E-state index contributed by atoms with van der Waals surface area (Å²) in [6.45, 7) is 10.6. The van der Waals surface area contributed by atoms with Crippen molar-refractivity contribution in [2.75, 3.05) is 26.2 Å². The minimum absolute atomic E-state index is 0.0782. The molecule has 190 valence electrons. The Labute approximate surface area is 209 Å². The SMILES string of the molecule is CCC(C)N(CCCN1CCC2(CC1)OCc1ccc(F)cc12)C(=P)C(C)c1ccc(F)c(F)c1. The minimum Gasteiger partial charge on any atom is -0.365 e. The molecule has 35 heavy (non-hydrogen) atoms. The maximum absolute atomic E-state index is 13.9. The first kappa shape index (κ1) is 26.3. The van der Waals surface area contributed by atoms with Gasteiger partial charge in [-0.1, -0.05) is 26.0 Å². The van der Waals surface area contributed by atoms with Crippen molar-refractivity contribution in [1.82, 2.24) is 9.80 Å². The first-order valence-corrected chi connectivity index (χ1v) is 13.2. The Morgan fingerprint density at radius 2 is 1.83 bits per heavy atom. The summed E-state index contributed by atoms with van der Waals surface area (Å²) in [4.78, 5) is 4.81. The van der Waals surface area contributed by atoms with Gasteiger partial charge >= 0.3 is 0 Å². The highest BCUT2D eigenvalue weighted by Crippen LogP contribution is 2.44. The van der Waals surface area contributed by atoms with Crippen LogP contribution in [0.2, 0.25) is 0 Å². The summed E-state index contributed by atoms with van der Waals surface area (Å²) in [6.07, 6.45) is 3.72. The summed E-state index contributed by atoms with van der Waals surface area (Å²) >= 11 is 0. The van der Waals surface area contributed by atoms with Gasteiger partial charge in [0, 0.05) is 37.0 Å². The molecule has 0 bridgehead atoms. The first-order valence-electron chi connectivity index (χ1n) is 12.7. The van der Waals surface area contributed by atoms with Crippen molar-refractivity contribution < 1.29 is 17.9 Å². The lowest BCUT2D eigenvalue weighted by molar-refractivity contribution is -0.0790. The lowest BCUT2D eigenvalue weighted by Crippen LogP contribution is -2.44. The minimum atomic E-state index is -0.824. The Bertz CT molecular complexity index is 1050. The van der Waals surface area contributed by atoms with Crippen LogP contribution in [0.1, 0.15) is 69.1 Å². The van der Waals surface area contributed by atoms with Gasteiger partial charge in [0.2, 0.25) is 0 Å². The third-order valence-corrected chi connectivity index (χ3v) is 8.61. The summed E-state index contributed by atoms with van der Waals surface area (Å²) in [6, 6.07) is 9.47. The number of piperidine rings is 1. The quantitative estimate of drug-likeness (QED) is 0.363. The van der Waals surface area contributed by atoms with Gasteiger partial charge in [-0.25, -0.2) is 13.2 Å². The number of ether oxygens (including phenoxy) is 1. The number of benzene rings is 2. The van der Waals surface area contributed by atoms with Crippen LogP contribution in [-0.4, -0.2) is 47.4 Å². The zero-order valence-corrected chi connectivity index (χ0v) is 21.9. The van der Waals surface area contributed by atoms with E-state index in [0.29, 0.717) is 12.6 Å². The van der Waals surface area contributed by atoms with Gasteiger partial charge in [-0.15, -0.1) is 8.86 Å². The third kappa shape index (κ3) is 5.67. The van der Waals surface area contributed by atoms with E-state index in [1.807, 2.05) is 13.0 Å². The van der Waals surface area contributed by atoms with Crippen molar-refractivity contribution in [3.63, 3.8) is 0 Å². The Hall–Kier alpha value is -1.72. The van der Waals surface area contributed by atoms with Crippen LogP contribution in [0.5, 0.6) is 0 Å². The molecule has 2 aliphatic heterocycles. The fraction of sp³-hybridized carbons (Fsp3) is 0.536. The van der Waals surface area contributed by atoms with Gasteiger partial charge in [-0.05, 0) is 80.1 Å². The van der Waals surface area contributed by atoms with Crippen molar-refractivity contribution in [1.29, 1.82) is 0 Å². The maximum atomic E-state index is 13.9. The molecule has 0 aromatic heterocycles. The van der Waals surface area contributed by atoms with Gasteiger partial charge in [-0.3, -0.25) is 4.90 Å². The molecule has 4 rings (SSSR count). The zero-order chi connectivity index (χ0) is 25.2. The number of hydrogen-bond donors (Lipinski definition) is 0. The standard InChI is InChI=1S/C28H36F3N2OP/c1-4-19(2)33(27(35)20(3)21-7-9-25(30)26(31)16-21)13-5-12-32-14-10-28(11-15-32)24-17-23(29)8-6-22(24)18-34-28/h6-9,16-17,19-20,35H,4-5,10-15,18H2,1-3H3. The molecule has 0 saturated carbocycles. The molecule has 2 unspecified atom stereocenters. The lowest BCUT2D eigenvalue weighted by Gasteiger charge is -2.40. The molecule has 2 aromatic rings. The van der Waals surface area contributed by atoms with Crippen molar-refractivity contribution in [2.24, 2.45) is 0 Å². The number of fused-ring (bicyclic) bond motifs is 2. The molecule has 0 aliphatic carbocycles. The average Bonchev–Trinajstić information content (AvgIpc) is 3.20. The summed E-state index contributed by atoms with van der Waals surface area (Å²) in [5.74, 6) is -1.91. The van der Waals surface area contributed by atoms with Crippen LogP contribution in [-0.2, 0) is 16.9 Å². The monoisotopic (exact) mass is 504 g/mol. The molecule has 1 spiro atoms. The number of nitrogens with zero attached hydrogens (tertiary/aromatic N) is 2. The summed E-state index contributed by atoms with van der Waals surface area (Å²) in [7, 11) is 3.85. The number of rotatable bonds is 9. The summed E-state index contributed by atoms with van der Waals surface area (Å²) < 4.78 is 47.3. The van der Waals surface area contributed by atoms with E-state index in [4.69, 9.17) is 4.74 Å². The van der Waals surface area contributed by atoms with Gasteiger partial charge < -0.3 is 9.64 Å². The molecule has 0 radical (unpaired) electrons. The topological polar surface area (TPSA) is 15.7 Å². The van der Waals surface area contributed by atoms with E-state index in [1.54, 1.807) is 12.1 Å². The highest BCUT2D eigenvalue weighted by atomic mass is 31.0. The third-order valence-electron chi connectivity index (χ3n) is 7.89. The molecule has 2 aliphatic rings. The fourth-order valence-electron chi connectivity index (χ4n) is 5.40. The molecular weight excluding hydrogens is 468 g/mol. The lowest BCUT2D eigenvalue weighted by atomic mass is 9.83. The van der Waals surface area contributed by atoms with E-state index in [1.165, 1.54) is 18.2 Å². The maximum Gasteiger partial charge on any atom is 0.159 e. The Kier molecular flexibility index (Phi) is 8.38. The van der Waals surface area contributed by atoms with Gasteiger partial charge in [0.1, 0.15) is 5.82 Å². The van der Waals surface area contributed by atoms with Crippen molar-refractivity contribution in [3.05, 3.63) is 70.5 Å². The van der Waals surface area contributed by atoms with Crippen LogP contribution in [0.4, 0.5) is 13.2 Å². The van der Waals surface area contributed by atoms with Gasteiger partial charge in [0.05, 0.1) is 12.2 Å². The largest absolute Gasteiger partial charge is 0.365 e. The van der Waals surface area contributed by atoms with Gasteiger partial charge in [-0.2, -0.15) is 0 Å². The van der Waals surface area contributed by atoms with Crippen LogP contribution in [0.25, 0.3) is 0 Å². The molecular formula is C28H36F3N2OP. The fourth-order valence-corrected chi connectivity index (χ4v) is 5.89. The van der Waals surface area contributed by atoms with Crippen LogP contribution in [0.15, 0.2) is 36.4 Å². The summed E-state index contributed by atoms with van der Waals surface area (Å²) in [5, 5.41) is 0. The van der Waals surface area contributed by atoms with Crippen molar-refractivity contribution in [3.8, 4) is 0 Å². The molecule has 2 aromatic carbocycles. The second-order valence-electron chi connectivity index (χ2n) is 10.0. The number of hydrogen-bond acceptors (Lipinski definition) is 2. The van der Waals surface area contributed by atoms with E-state index in [-0.39, 0.29) is 17.3 Å². The molecule has 0 amide bonds. The second-order valence-corrected chi connectivity index (χ2v) is 10.5. The predicted octanol–water partition coefficient (Wildman–Crippen LogP) is 6.49. The molecule has 1 saturated heterocycles. The molecule has 7 heteroatoms. The molecule has 1 fully saturated rings. The van der Waals surface area contributed by atoms with E-state index in [2.05, 4.69) is 32.5 Å². The average molecular weight is 505 g/mol. The van der Waals surface area contributed by atoms with Crippen LogP contribution >= 0.6 is 8.86 Å². The Morgan fingerprint density at radius 1 is 1.09 bits per heavy atom. The Balaban J connectivity index is 1.33. The van der Waals surface area contributed by atoms with E-state index >= 15 is 0 Å². The number of halogens is 3. The number of likely N-dealkylation sites (tertiary alicyclic amines) is 1. The first-order chi connectivity index (χ1) is 16.7. The van der Waals surface area contributed by atoms with Gasteiger partial charge in [0.25, 0.3) is 0 Å². The predicted molar refractivity (Wildman–Crippen MR) is 138 cm³/mol. The zero-order valence-electron chi connectivity index (χ0n) is 20.9. The molecule has 3 nitrogen and oxygen atoms in total. The van der Waals surface area contributed by atoms with E-state index in [0.717, 1.165) is 74.0 Å². The Morgan fingerprint density at radius 3 is 2.51 bits per heavy atom. The van der Waals surface area contributed by atoms with Crippen LogP contribution in [0, 0.1) is 17.5 Å². The molecule has 2 atom stereocenters. The second kappa shape index (κ2) is 11.1. The normalized spacial score (nSPS) is 19.2. The molecule has 0 N–H and O–H groups in total. The van der Waals surface area contributed by atoms with E-state index < -0.39 is 11.6 Å². The summed E-state index contributed by atoms with van der Waals surface area (Å²) in [5.41, 5.74) is 3.54. The highest BCUT2D eigenvalue weighted by Gasteiger charge is 2.42. The van der Waals surface area contributed by atoms with E-state index in [9.17, 15) is 13.2 Å². The molecule has 2 heterocycles. The van der Waals surface area contributed by atoms with Crippen molar-refractivity contribution in [2.45, 2.75) is 70.6 Å².